The van der Waals surface area contributed by atoms with Crippen molar-refractivity contribution < 1.29 is 14.7 Å². The third-order valence-electron chi connectivity index (χ3n) is 2.94. The minimum atomic E-state index is -1.24. The summed E-state index contributed by atoms with van der Waals surface area (Å²) in [5.74, 6) is -1.49. The minimum Gasteiger partial charge on any atom is -0.476 e. The summed E-state index contributed by atoms with van der Waals surface area (Å²) in [5, 5.41) is 16.6. The van der Waals surface area contributed by atoms with E-state index in [0.29, 0.717) is 12.2 Å². The van der Waals surface area contributed by atoms with Crippen molar-refractivity contribution in [2.45, 2.75) is 19.4 Å². The summed E-state index contributed by atoms with van der Waals surface area (Å²) in [7, 11) is 1.70. The number of amides is 1. The highest BCUT2D eigenvalue weighted by Gasteiger charge is 2.28. The number of carboxylic acids is 1. The summed E-state index contributed by atoms with van der Waals surface area (Å²) in [6.07, 6.45) is 3.54. The second-order valence-electron chi connectivity index (χ2n) is 4.22. The van der Waals surface area contributed by atoms with E-state index in [1.54, 1.807) is 24.7 Å². The molecule has 0 bridgehead atoms. The second kappa shape index (κ2) is 5.11. The largest absolute Gasteiger partial charge is 0.476 e. The Morgan fingerprint density at radius 2 is 2.20 bits per heavy atom. The van der Waals surface area contributed by atoms with E-state index in [2.05, 4.69) is 15.3 Å². The quantitative estimate of drug-likeness (QED) is 0.780. The van der Waals surface area contributed by atoms with Crippen molar-refractivity contribution in [3.8, 4) is 11.5 Å². The molecule has 0 spiro atoms. The summed E-state index contributed by atoms with van der Waals surface area (Å²) in [4.78, 5) is 26.8. The molecule has 0 fully saturated rings. The van der Waals surface area contributed by atoms with Gasteiger partial charge in [0, 0.05) is 19.4 Å². The first-order chi connectivity index (χ1) is 9.47. The number of hydrogen-bond acceptors (Lipinski definition) is 5. The molecule has 9 nitrogen and oxygen atoms in total. The summed E-state index contributed by atoms with van der Waals surface area (Å²) < 4.78 is 2.84. The van der Waals surface area contributed by atoms with Crippen LogP contribution in [0.1, 0.15) is 29.9 Å². The van der Waals surface area contributed by atoms with E-state index in [1.165, 1.54) is 10.9 Å². The molecule has 3 N–H and O–H groups in total. The van der Waals surface area contributed by atoms with E-state index in [-0.39, 0.29) is 11.4 Å². The van der Waals surface area contributed by atoms with Gasteiger partial charge in [0.25, 0.3) is 0 Å². The topological polar surface area (TPSA) is 129 Å². The van der Waals surface area contributed by atoms with Crippen LogP contribution in [0.25, 0.3) is 11.5 Å². The van der Waals surface area contributed by atoms with Crippen molar-refractivity contribution in [1.82, 2.24) is 24.5 Å². The van der Waals surface area contributed by atoms with Gasteiger partial charge in [-0.15, -0.1) is 5.10 Å². The number of carbonyl (C=O) groups is 2. The van der Waals surface area contributed by atoms with Crippen molar-refractivity contribution >= 4 is 11.9 Å². The maximum atomic E-state index is 11.5. The number of nitrogens with two attached hydrogens (primary N) is 1. The molecule has 1 atom stereocenters. The zero-order chi connectivity index (χ0) is 14.9. The van der Waals surface area contributed by atoms with E-state index in [4.69, 9.17) is 5.73 Å². The minimum absolute atomic E-state index is 0.163. The fourth-order valence-electron chi connectivity index (χ4n) is 1.95. The molecule has 1 unspecified atom stereocenters. The highest BCUT2D eigenvalue weighted by atomic mass is 16.4. The van der Waals surface area contributed by atoms with Gasteiger partial charge in [-0.05, 0) is 6.42 Å². The first kappa shape index (κ1) is 13.7. The molecule has 0 saturated heterocycles. The van der Waals surface area contributed by atoms with Crippen molar-refractivity contribution in [2.24, 2.45) is 12.8 Å². The average molecular weight is 278 g/mol. The van der Waals surface area contributed by atoms with Gasteiger partial charge in [0.15, 0.2) is 5.82 Å². The number of imidazole rings is 1. The fourth-order valence-corrected chi connectivity index (χ4v) is 1.95. The first-order valence-electron chi connectivity index (χ1n) is 5.92. The number of carboxylic acid groups (broad SMARTS) is 1. The molecule has 2 aromatic rings. The van der Waals surface area contributed by atoms with Crippen LogP contribution in [0, 0.1) is 0 Å². The van der Waals surface area contributed by atoms with Crippen LogP contribution in [0.2, 0.25) is 0 Å². The van der Waals surface area contributed by atoms with E-state index < -0.39 is 17.9 Å². The standard InChI is InChI=1S/C11H14N6O3/c1-3-6(9(12)18)17-8(7(11(19)20)14-15-17)10-13-4-5-16(10)2/h4-6H,3H2,1-2H3,(H2,12,18)(H,19,20). The summed E-state index contributed by atoms with van der Waals surface area (Å²) in [5.41, 5.74) is 5.22. The number of rotatable bonds is 5. The zero-order valence-electron chi connectivity index (χ0n) is 11.0. The molecule has 2 heterocycles. The lowest BCUT2D eigenvalue weighted by atomic mass is 10.2. The van der Waals surface area contributed by atoms with E-state index in [0.717, 1.165) is 0 Å². The molecule has 1 amide bonds. The maximum absolute atomic E-state index is 11.5. The van der Waals surface area contributed by atoms with Crippen LogP contribution >= 0.6 is 0 Å². The Hall–Kier alpha value is -2.71. The van der Waals surface area contributed by atoms with E-state index in [1.807, 2.05) is 0 Å². The fraction of sp³-hybridized carbons (Fsp3) is 0.364. The Balaban J connectivity index is 2.68. The van der Waals surface area contributed by atoms with Crippen molar-refractivity contribution in [2.75, 3.05) is 0 Å². The normalized spacial score (nSPS) is 12.3. The van der Waals surface area contributed by atoms with Crippen LogP contribution in [0.15, 0.2) is 12.4 Å². The molecule has 9 heteroatoms. The lowest BCUT2D eigenvalue weighted by molar-refractivity contribution is -0.121. The van der Waals surface area contributed by atoms with Gasteiger partial charge in [0.1, 0.15) is 11.7 Å². The predicted molar refractivity (Wildman–Crippen MR) is 67.7 cm³/mol. The molecule has 0 saturated carbocycles. The molecular weight excluding hydrogens is 264 g/mol. The van der Waals surface area contributed by atoms with Gasteiger partial charge in [-0.2, -0.15) is 0 Å². The number of aromatic carboxylic acids is 1. The smallest absolute Gasteiger partial charge is 0.358 e. The molecule has 106 valence electrons. The van der Waals surface area contributed by atoms with Gasteiger partial charge in [0.05, 0.1) is 0 Å². The Bertz CT molecular complexity index is 659. The van der Waals surface area contributed by atoms with E-state index >= 15 is 0 Å². The molecule has 20 heavy (non-hydrogen) atoms. The molecule has 0 aliphatic carbocycles. The molecule has 0 radical (unpaired) electrons. The number of aryl methyl sites for hydroxylation is 1. The molecule has 2 rings (SSSR count). The molecular formula is C11H14N6O3. The third kappa shape index (κ3) is 2.13. The molecule has 0 aliphatic rings. The Morgan fingerprint density at radius 3 is 2.65 bits per heavy atom. The number of nitrogens with zero attached hydrogens (tertiary/aromatic N) is 5. The van der Waals surface area contributed by atoms with Crippen LogP contribution in [-0.2, 0) is 11.8 Å². The van der Waals surface area contributed by atoms with Gasteiger partial charge < -0.3 is 15.4 Å². The van der Waals surface area contributed by atoms with Gasteiger partial charge in [0.2, 0.25) is 11.6 Å². The highest BCUT2D eigenvalue weighted by molar-refractivity contribution is 5.92. The second-order valence-corrected chi connectivity index (χ2v) is 4.22. The van der Waals surface area contributed by atoms with Gasteiger partial charge in [-0.3, -0.25) is 4.79 Å². The summed E-state index contributed by atoms with van der Waals surface area (Å²) >= 11 is 0. The Labute approximate surface area is 114 Å². The number of primary amides is 1. The average Bonchev–Trinajstić information content (AvgIpc) is 2.95. The lowest BCUT2D eigenvalue weighted by Crippen LogP contribution is -2.27. The van der Waals surface area contributed by atoms with Crippen molar-refractivity contribution in [1.29, 1.82) is 0 Å². The maximum Gasteiger partial charge on any atom is 0.358 e. The predicted octanol–water partition coefficient (Wildman–Crippen LogP) is -0.187. The van der Waals surface area contributed by atoms with Crippen LogP contribution in [0.3, 0.4) is 0 Å². The van der Waals surface area contributed by atoms with Crippen LogP contribution in [-0.4, -0.2) is 41.5 Å². The SMILES string of the molecule is CCC(C(N)=O)n1nnc(C(=O)O)c1-c1nccn1C. The van der Waals surface area contributed by atoms with Crippen molar-refractivity contribution in [3.05, 3.63) is 18.1 Å². The molecule has 0 aliphatic heterocycles. The van der Waals surface area contributed by atoms with Crippen LogP contribution in [0.5, 0.6) is 0 Å². The Kier molecular flexibility index (Phi) is 3.51. The van der Waals surface area contributed by atoms with Gasteiger partial charge in [-0.1, -0.05) is 12.1 Å². The van der Waals surface area contributed by atoms with E-state index in [9.17, 15) is 14.7 Å². The number of aromatic nitrogens is 5. The zero-order valence-corrected chi connectivity index (χ0v) is 11.0. The van der Waals surface area contributed by atoms with Crippen LogP contribution in [0.4, 0.5) is 0 Å². The molecule has 0 aromatic carbocycles. The monoisotopic (exact) mass is 278 g/mol. The summed E-state index contributed by atoms with van der Waals surface area (Å²) in [6.45, 7) is 1.75. The summed E-state index contributed by atoms with van der Waals surface area (Å²) in [6, 6.07) is -0.776. The van der Waals surface area contributed by atoms with Crippen LogP contribution < -0.4 is 5.73 Å². The lowest BCUT2D eigenvalue weighted by Gasteiger charge is -2.14. The Morgan fingerprint density at radius 1 is 1.50 bits per heavy atom. The number of carbonyl (C=O) groups excluding carboxylic acids is 1. The highest BCUT2D eigenvalue weighted by Crippen LogP contribution is 2.24. The van der Waals surface area contributed by atoms with Crippen molar-refractivity contribution in [3.63, 3.8) is 0 Å². The number of hydrogen-bond donors (Lipinski definition) is 2. The van der Waals surface area contributed by atoms with Gasteiger partial charge >= 0.3 is 5.97 Å². The third-order valence-corrected chi connectivity index (χ3v) is 2.94. The van der Waals surface area contributed by atoms with Gasteiger partial charge in [-0.25, -0.2) is 14.5 Å². The molecule has 2 aromatic heterocycles. The first-order valence-corrected chi connectivity index (χ1v) is 5.92.